The summed E-state index contributed by atoms with van der Waals surface area (Å²) in [5, 5.41) is 13.4. The van der Waals surface area contributed by atoms with Crippen LogP contribution in [0.3, 0.4) is 0 Å². The lowest BCUT2D eigenvalue weighted by molar-refractivity contribution is 0.872. The molecule has 5 nitrogen and oxygen atoms in total. The fraction of sp³-hybridized carbons (Fsp3) is 0.0625. The number of nitrogen functional groups attached to an aromatic ring is 1. The van der Waals surface area contributed by atoms with Crippen molar-refractivity contribution < 1.29 is 0 Å². The average molecular weight is 312 g/mol. The Labute approximate surface area is 133 Å². The lowest BCUT2D eigenvalue weighted by Crippen LogP contribution is -2.01. The van der Waals surface area contributed by atoms with Gasteiger partial charge in [0.1, 0.15) is 0 Å². The molecule has 0 aliphatic rings. The first kappa shape index (κ1) is 14.3. The number of nitrogens with zero attached hydrogens (tertiary/aromatic N) is 4. The van der Waals surface area contributed by atoms with Crippen LogP contribution in [0.15, 0.2) is 64.8 Å². The number of anilines is 1. The Kier molecular flexibility index (Phi) is 3.89. The zero-order valence-electron chi connectivity index (χ0n) is 11.9. The summed E-state index contributed by atoms with van der Waals surface area (Å²) in [5.41, 5.74) is 8.97. The van der Waals surface area contributed by atoms with Crippen LogP contribution in [0.5, 0.6) is 0 Å². The van der Waals surface area contributed by atoms with E-state index in [0.29, 0.717) is 27.9 Å². The number of hydrogen-bond donors (Lipinski definition) is 1. The van der Waals surface area contributed by atoms with Gasteiger partial charge in [0.2, 0.25) is 0 Å². The highest BCUT2D eigenvalue weighted by atomic mass is 35.5. The summed E-state index contributed by atoms with van der Waals surface area (Å²) >= 11 is 5.93. The minimum atomic E-state index is 0.453. The van der Waals surface area contributed by atoms with Gasteiger partial charge in [0.25, 0.3) is 0 Å². The quantitative estimate of drug-likeness (QED) is 0.704. The highest BCUT2D eigenvalue weighted by Gasteiger charge is 2.13. The first-order valence-electron chi connectivity index (χ1n) is 6.73. The molecule has 110 valence electrons. The Balaban J connectivity index is 1.97. The molecule has 1 aromatic heterocycles. The lowest BCUT2D eigenvalue weighted by atomic mass is 10.3. The molecular weight excluding hydrogens is 298 g/mol. The Morgan fingerprint density at radius 2 is 1.82 bits per heavy atom. The van der Waals surface area contributed by atoms with Crippen molar-refractivity contribution in [1.82, 2.24) is 9.78 Å². The number of azo groups is 1. The van der Waals surface area contributed by atoms with Crippen molar-refractivity contribution in [3.63, 3.8) is 0 Å². The van der Waals surface area contributed by atoms with E-state index in [2.05, 4.69) is 15.3 Å². The Bertz CT molecular complexity index is 824. The van der Waals surface area contributed by atoms with Gasteiger partial charge in [0, 0.05) is 5.02 Å². The molecule has 0 saturated carbocycles. The Morgan fingerprint density at radius 3 is 2.55 bits per heavy atom. The number of nitrogens with two attached hydrogens (primary N) is 1. The second kappa shape index (κ2) is 5.99. The van der Waals surface area contributed by atoms with E-state index in [1.165, 1.54) is 0 Å². The van der Waals surface area contributed by atoms with Crippen molar-refractivity contribution in [2.75, 3.05) is 5.73 Å². The van der Waals surface area contributed by atoms with E-state index in [0.717, 1.165) is 5.69 Å². The van der Waals surface area contributed by atoms with Gasteiger partial charge in [-0.1, -0.05) is 35.9 Å². The van der Waals surface area contributed by atoms with E-state index < -0.39 is 0 Å². The fourth-order valence-corrected chi connectivity index (χ4v) is 2.26. The number of halogens is 1. The van der Waals surface area contributed by atoms with Crippen molar-refractivity contribution in [1.29, 1.82) is 0 Å². The molecule has 0 unspecified atom stereocenters. The van der Waals surface area contributed by atoms with E-state index in [9.17, 15) is 0 Å². The first-order chi connectivity index (χ1) is 10.6. The number of aromatic nitrogens is 2. The third-order valence-electron chi connectivity index (χ3n) is 3.14. The molecule has 0 fully saturated rings. The lowest BCUT2D eigenvalue weighted by Gasteiger charge is -2.02. The van der Waals surface area contributed by atoms with Crippen LogP contribution in [0, 0.1) is 6.92 Å². The van der Waals surface area contributed by atoms with E-state index in [1.807, 2.05) is 49.4 Å². The van der Waals surface area contributed by atoms with Crippen LogP contribution in [0.1, 0.15) is 5.69 Å². The Hall–Kier alpha value is -2.66. The third-order valence-corrected chi connectivity index (χ3v) is 3.37. The molecule has 3 rings (SSSR count). The SMILES string of the molecule is Cc1nn(-c2ccccc2)c(N)c1N=Nc1cccc(Cl)c1. The number of benzene rings is 2. The van der Waals surface area contributed by atoms with Crippen molar-refractivity contribution >= 4 is 28.8 Å². The molecule has 0 amide bonds. The molecule has 2 aromatic carbocycles. The van der Waals surface area contributed by atoms with Gasteiger partial charge in [0.05, 0.1) is 17.1 Å². The molecule has 0 aliphatic heterocycles. The van der Waals surface area contributed by atoms with E-state index in [4.69, 9.17) is 17.3 Å². The minimum absolute atomic E-state index is 0.453. The fourth-order valence-electron chi connectivity index (χ4n) is 2.07. The maximum atomic E-state index is 6.15. The van der Waals surface area contributed by atoms with Crippen LogP contribution in [0.2, 0.25) is 5.02 Å². The van der Waals surface area contributed by atoms with Crippen molar-refractivity contribution in [2.24, 2.45) is 10.2 Å². The summed E-state index contributed by atoms with van der Waals surface area (Å²) in [6.45, 7) is 1.85. The average Bonchev–Trinajstić information content (AvgIpc) is 2.81. The van der Waals surface area contributed by atoms with Gasteiger partial charge in [-0.05, 0) is 37.3 Å². The third kappa shape index (κ3) is 2.84. The number of rotatable bonds is 3. The van der Waals surface area contributed by atoms with Crippen LogP contribution >= 0.6 is 11.6 Å². The molecule has 0 spiro atoms. The van der Waals surface area contributed by atoms with Crippen molar-refractivity contribution in [2.45, 2.75) is 6.92 Å². The molecule has 22 heavy (non-hydrogen) atoms. The predicted molar refractivity (Wildman–Crippen MR) is 88.3 cm³/mol. The normalized spacial score (nSPS) is 11.2. The summed E-state index contributed by atoms with van der Waals surface area (Å²) < 4.78 is 1.65. The maximum absolute atomic E-state index is 6.15. The number of hydrogen-bond acceptors (Lipinski definition) is 4. The number of para-hydroxylation sites is 1. The standard InChI is InChI=1S/C16H14ClN5/c1-11-15(20-19-13-7-5-6-12(17)10-13)16(18)22(21-11)14-8-3-2-4-9-14/h2-10H,18H2,1H3. The van der Waals surface area contributed by atoms with E-state index in [1.54, 1.807) is 16.8 Å². The molecule has 0 saturated heterocycles. The van der Waals surface area contributed by atoms with E-state index >= 15 is 0 Å². The molecule has 6 heteroatoms. The van der Waals surface area contributed by atoms with Crippen LogP contribution in [0.25, 0.3) is 5.69 Å². The van der Waals surface area contributed by atoms with Gasteiger partial charge in [-0.2, -0.15) is 10.2 Å². The van der Waals surface area contributed by atoms with Gasteiger partial charge in [-0.25, -0.2) is 4.68 Å². The second-order valence-corrected chi connectivity index (χ2v) is 5.18. The molecule has 0 bridgehead atoms. The minimum Gasteiger partial charge on any atom is -0.382 e. The highest BCUT2D eigenvalue weighted by Crippen LogP contribution is 2.30. The first-order valence-corrected chi connectivity index (χ1v) is 7.11. The van der Waals surface area contributed by atoms with Gasteiger partial charge >= 0.3 is 0 Å². The highest BCUT2D eigenvalue weighted by molar-refractivity contribution is 6.30. The summed E-state index contributed by atoms with van der Waals surface area (Å²) in [7, 11) is 0. The Morgan fingerprint density at radius 1 is 1.05 bits per heavy atom. The monoisotopic (exact) mass is 311 g/mol. The molecule has 0 aliphatic carbocycles. The second-order valence-electron chi connectivity index (χ2n) is 4.75. The topological polar surface area (TPSA) is 68.6 Å². The van der Waals surface area contributed by atoms with Crippen LogP contribution < -0.4 is 5.73 Å². The predicted octanol–water partition coefficient (Wildman–Crippen LogP) is 4.83. The van der Waals surface area contributed by atoms with Gasteiger partial charge in [-0.15, -0.1) is 5.11 Å². The molecule has 0 atom stereocenters. The molecular formula is C16H14ClN5. The molecule has 0 radical (unpaired) electrons. The van der Waals surface area contributed by atoms with Crippen LogP contribution in [-0.2, 0) is 0 Å². The van der Waals surface area contributed by atoms with Gasteiger partial charge < -0.3 is 5.73 Å². The maximum Gasteiger partial charge on any atom is 0.155 e. The van der Waals surface area contributed by atoms with Gasteiger partial charge in [-0.3, -0.25) is 0 Å². The van der Waals surface area contributed by atoms with Gasteiger partial charge in [0.15, 0.2) is 11.5 Å². The zero-order chi connectivity index (χ0) is 15.5. The van der Waals surface area contributed by atoms with Crippen molar-refractivity contribution in [3.05, 3.63) is 65.3 Å². The molecule has 2 N–H and O–H groups in total. The molecule has 3 aromatic rings. The summed E-state index contributed by atoms with van der Waals surface area (Å²) in [5.74, 6) is 0.453. The zero-order valence-corrected chi connectivity index (χ0v) is 12.7. The molecule has 1 heterocycles. The number of aryl methyl sites for hydroxylation is 1. The van der Waals surface area contributed by atoms with Crippen molar-refractivity contribution in [3.8, 4) is 5.69 Å². The largest absolute Gasteiger partial charge is 0.382 e. The summed E-state index contributed by atoms with van der Waals surface area (Å²) in [6, 6.07) is 16.8. The van der Waals surface area contributed by atoms with Crippen LogP contribution in [0.4, 0.5) is 17.2 Å². The van der Waals surface area contributed by atoms with Crippen LogP contribution in [-0.4, -0.2) is 9.78 Å². The summed E-state index contributed by atoms with van der Waals surface area (Å²) in [4.78, 5) is 0. The summed E-state index contributed by atoms with van der Waals surface area (Å²) in [6.07, 6.45) is 0. The van der Waals surface area contributed by atoms with E-state index in [-0.39, 0.29) is 0 Å². The smallest absolute Gasteiger partial charge is 0.155 e.